The molecule has 4 nitrogen and oxygen atoms in total. The molecule has 0 saturated heterocycles. The van der Waals surface area contributed by atoms with Gasteiger partial charge in [0.25, 0.3) is 5.91 Å². The first-order valence-electron chi connectivity index (χ1n) is 6.45. The molecule has 0 aliphatic heterocycles. The predicted octanol–water partition coefficient (Wildman–Crippen LogP) is 3.01. The SMILES string of the molecule is Cc1ccccc1-c1nc(C(=O)NCC(C)(C)N)cs1.Cl. The summed E-state index contributed by atoms with van der Waals surface area (Å²) in [7, 11) is 0. The van der Waals surface area contributed by atoms with Crippen molar-refractivity contribution in [2.75, 3.05) is 6.54 Å². The molecular weight excluding hydrogens is 306 g/mol. The Morgan fingerprint density at radius 2 is 2.05 bits per heavy atom. The Hall–Kier alpha value is -1.43. The summed E-state index contributed by atoms with van der Waals surface area (Å²) in [5.74, 6) is -0.181. The smallest absolute Gasteiger partial charge is 0.270 e. The number of rotatable bonds is 4. The van der Waals surface area contributed by atoms with Crippen LogP contribution in [0.3, 0.4) is 0 Å². The standard InChI is InChI=1S/C15H19N3OS.ClH/c1-10-6-4-5-7-11(10)14-18-12(8-20-14)13(19)17-9-15(2,3)16;/h4-8H,9,16H2,1-3H3,(H,17,19);1H. The van der Waals surface area contributed by atoms with Crippen LogP contribution in [0.1, 0.15) is 29.9 Å². The summed E-state index contributed by atoms with van der Waals surface area (Å²) in [5.41, 5.74) is 8.08. The van der Waals surface area contributed by atoms with Crippen molar-refractivity contribution in [1.82, 2.24) is 10.3 Å². The number of nitrogens with one attached hydrogen (secondary N) is 1. The number of halogens is 1. The zero-order valence-electron chi connectivity index (χ0n) is 12.3. The van der Waals surface area contributed by atoms with Gasteiger partial charge in [0, 0.05) is 23.0 Å². The molecule has 3 N–H and O–H groups in total. The molecule has 114 valence electrons. The molecule has 0 spiro atoms. The van der Waals surface area contributed by atoms with Crippen LogP contribution in [0.5, 0.6) is 0 Å². The highest BCUT2D eigenvalue weighted by atomic mass is 35.5. The van der Waals surface area contributed by atoms with Gasteiger partial charge in [-0.15, -0.1) is 23.7 Å². The maximum Gasteiger partial charge on any atom is 0.270 e. The Kier molecular flexibility index (Phi) is 5.89. The number of aromatic nitrogens is 1. The number of nitrogens with zero attached hydrogens (tertiary/aromatic N) is 1. The van der Waals surface area contributed by atoms with Crippen LogP contribution in [0.2, 0.25) is 0 Å². The number of carbonyl (C=O) groups is 1. The van der Waals surface area contributed by atoms with E-state index in [0.29, 0.717) is 12.2 Å². The van der Waals surface area contributed by atoms with E-state index in [9.17, 15) is 4.79 Å². The van der Waals surface area contributed by atoms with E-state index >= 15 is 0 Å². The van der Waals surface area contributed by atoms with Crippen molar-refractivity contribution < 1.29 is 4.79 Å². The lowest BCUT2D eigenvalue weighted by atomic mass is 10.1. The van der Waals surface area contributed by atoms with Crippen LogP contribution in [0.4, 0.5) is 0 Å². The van der Waals surface area contributed by atoms with Gasteiger partial charge in [0.2, 0.25) is 0 Å². The second kappa shape index (κ2) is 7.02. The van der Waals surface area contributed by atoms with Crippen LogP contribution < -0.4 is 11.1 Å². The maximum atomic E-state index is 12.0. The summed E-state index contributed by atoms with van der Waals surface area (Å²) in [6.45, 7) is 6.19. The molecule has 0 fully saturated rings. The fourth-order valence-corrected chi connectivity index (χ4v) is 2.60. The van der Waals surface area contributed by atoms with E-state index in [1.165, 1.54) is 11.3 Å². The molecule has 1 aromatic carbocycles. The maximum absolute atomic E-state index is 12.0. The number of thiazole rings is 1. The first-order chi connectivity index (χ1) is 9.37. The van der Waals surface area contributed by atoms with Crippen LogP contribution in [-0.4, -0.2) is 23.0 Å². The van der Waals surface area contributed by atoms with Gasteiger partial charge < -0.3 is 11.1 Å². The minimum Gasteiger partial charge on any atom is -0.349 e. The minimum atomic E-state index is -0.426. The van der Waals surface area contributed by atoms with E-state index in [0.717, 1.165) is 16.1 Å². The lowest BCUT2D eigenvalue weighted by Gasteiger charge is -2.18. The topological polar surface area (TPSA) is 68.0 Å². The predicted molar refractivity (Wildman–Crippen MR) is 90.1 cm³/mol. The molecule has 0 saturated carbocycles. The Labute approximate surface area is 135 Å². The van der Waals surface area contributed by atoms with Crippen LogP contribution in [0, 0.1) is 6.92 Å². The molecule has 0 bridgehead atoms. The second-order valence-corrected chi connectivity index (χ2v) is 6.38. The Bertz CT molecular complexity index is 619. The van der Waals surface area contributed by atoms with Gasteiger partial charge in [-0.3, -0.25) is 4.79 Å². The molecule has 2 rings (SSSR count). The van der Waals surface area contributed by atoms with Crippen molar-refractivity contribution >= 4 is 29.7 Å². The number of aryl methyl sites for hydroxylation is 1. The van der Waals surface area contributed by atoms with E-state index in [1.807, 2.05) is 45.0 Å². The summed E-state index contributed by atoms with van der Waals surface area (Å²) in [4.78, 5) is 16.4. The van der Waals surface area contributed by atoms with Gasteiger partial charge in [-0.25, -0.2) is 4.98 Å². The number of hydrogen-bond donors (Lipinski definition) is 2. The lowest BCUT2D eigenvalue weighted by molar-refractivity contribution is 0.0942. The first-order valence-corrected chi connectivity index (χ1v) is 7.33. The summed E-state index contributed by atoms with van der Waals surface area (Å²) < 4.78 is 0. The normalized spacial score (nSPS) is 10.9. The number of hydrogen-bond acceptors (Lipinski definition) is 4. The number of nitrogens with two attached hydrogens (primary N) is 1. The van der Waals surface area contributed by atoms with E-state index < -0.39 is 5.54 Å². The minimum absolute atomic E-state index is 0. The highest BCUT2D eigenvalue weighted by Crippen LogP contribution is 2.26. The summed E-state index contributed by atoms with van der Waals surface area (Å²) in [5, 5.41) is 5.44. The van der Waals surface area contributed by atoms with Crippen LogP contribution in [0.15, 0.2) is 29.6 Å². The van der Waals surface area contributed by atoms with Crippen molar-refractivity contribution in [2.24, 2.45) is 5.73 Å². The molecular formula is C15H20ClN3OS. The van der Waals surface area contributed by atoms with Crippen molar-refractivity contribution in [1.29, 1.82) is 0 Å². The molecule has 0 radical (unpaired) electrons. The number of benzene rings is 1. The first kappa shape index (κ1) is 17.6. The fraction of sp³-hybridized carbons (Fsp3) is 0.333. The molecule has 0 atom stereocenters. The van der Waals surface area contributed by atoms with Gasteiger partial charge in [0.15, 0.2) is 0 Å². The lowest BCUT2D eigenvalue weighted by Crippen LogP contribution is -2.45. The van der Waals surface area contributed by atoms with E-state index in [2.05, 4.69) is 10.3 Å². The third-order valence-corrected chi connectivity index (χ3v) is 3.69. The van der Waals surface area contributed by atoms with Crippen molar-refractivity contribution in [3.8, 4) is 10.6 Å². The zero-order chi connectivity index (χ0) is 14.8. The average Bonchev–Trinajstić information content (AvgIpc) is 2.85. The summed E-state index contributed by atoms with van der Waals surface area (Å²) >= 11 is 1.48. The Morgan fingerprint density at radius 3 is 2.67 bits per heavy atom. The fourth-order valence-electron chi connectivity index (χ4n) is 1.71. The quantitative estimate of drug-likeness (QED) is 0.908. The van der Waals surface area contributed by atoms with E-state index in [4.69, 9.17) is 5.73 Å². The van der Waals surface area contributed by atoms with Crippen LogP contribution in [0.25, 0.3) is 10.6 Å². The van der Waals surface area contributed by atoms with Crippen LogP contribution >= 0.6 is 23.7 Å². The van der Waals surface area contributed by atoms with Crippen molar-refractivity contribution in [2.45, 2.75) is 26.3 Å². The van der Waals surface area contributed by atoms with Gasteiger partial charge in [0.05, 0.1) is 0 Å². The molecule has 0 aliphatic carbocycles. The monoisotopic (exact) mass is 325 g/mol. The van der Waals surface area contributed by atoms with E-state index in [1.54, 1.807) is 5.38 Å². The highest BCUT2D eigenvalue weighted by Gasteiger charge is 2.16. The molecule has 6 heteroatoms. The van der Waals surface area contributed by atoms with Crippen LogP contribution in [-0.2, 0) is 0 Å². The van der Waals surface area contributed by atoms with E-state index in [-0.39, 0.29) is 18.3 Å². The Morgan fingerprint density at radius 1 is 1.38 bits per heavy atom. The number of carbonyl (C=O) groups excluding carboxylic acids is 1. The van der Waals surface area contributed by atoms with Crippen molar-refractivity contribution in [3.63, 3.8) is 0 Å². The molecule has 1 heterocycles. The molecule has 1 amide bonds. The average molecular weight is 326 g/mol. The molecule has 0 aliphatic rings. The molecule has 0 unspecified atom stereocenters. The molecule has 1 aromatic heterocycles. The molecule has 2 aromatic rings. The third kappa shape index (κ3) is 4.81. The molecule has 21 heavy (non-hydrogen) atoms. The highest BCUT2D eigenvalue weighted by molar-refractivity contribution is 7.13. The zero-order valence-corrected chi connectivity index (χ0v) is 14.0. The second-order valence-electron chi connectivity index (χ2n) is 5.52. The van der Waals surface area contributed by atoms with Gasteiger partial charge in [-0.05, 0) is 26.3 Å². The van der Waals surface area contributed by atoms with Crippen molar-refractivity contribution in [3.05, 3.63) is 40.9 Å². The Balaban J connectivity index is 0.00000220. The number of amides is 1. The van der Waals surface area contributed by atoms with Gasteiger partial charge >= 0.3 is 0 Å². The van der Waals surface area contributed by atoms with Gasteiger partial charge in [-0.1, -0.05) is 24.3 Å². The third-order valence-electron chi connectivity index (χ3n) is 2.82. The largest absolute Gasteiger partial charge is 0.349 e. The van der Waals surface area contributed by atoms with Gasteiger partial charge in [-0.2, -0.15) is 0 Å². The summed E-state index contributed by atoms with van der Waals surface area (Å²) in [6.07, 6.45) is 0. The summed E-state index contributed by atoms with van der Waals surface area (Å²) in [6, 6.07) is 8.01. The van der Waals surface area contributed by atoms with Gasteiger partial charge in [0.1, 0.15) is 10.7 Å².